The second kappa shape index (κ2) is 4.99. The Kier molecular flexibility index (Phi) is 3.40. The van der Waals surface area contributed by atoms with E-state index >= 15 is 0 Å². The fraction of sp³-hybridized carbons (Fsp3) is 0.455. The van der Waals surface area contributed by atoms with Crippen molar-refractivity contribution in [2.24, 2.45) is 0 Å². The number of rotatable bonds is 5. The fourth-order valence-electron chi connectivity index (χ4n) is 1.41. The first-order valence-electron chi connectivity index (χ1n) is 5.60. The number of pyridine rings is 1. The van der Waals surface area contributed by atoms with E-state index in [1.807, 2.05) is 0 Å². The van der Waals surface area contributed by atoms with Gasteiger partial charge in [-0.05, 0) is 34.9 Å². The number of aryl methyl sites for hydroxylation is 1. The summed E-state index contributed by atoms with van der Waals surface area (Å²) in [7, 11) is 0. The summed E-state index contributed by atoms with van der Waals surface area (Å²) in [6, 6.07) is 3.29. The summed E-state index contributed by atoms with van der Waals surface area (Å²) in [4.78, 5) is 25.3. The Morgan fingerprint density at radius 2 is 2.33 bits per heavy atom. The van der Waals surface area contributed by atoms with Gasteiger partial charge in [-0.25, -0.2) is 0 Å². The van der Waals surface area contributed by atoms with Gasteiger partial charge in [-0.15, -0.1) is 0 Å². The maximum atomic E-state index is 11.4. The third-order valence-electron chi connectivity index (χ3n) is 2.45. The summed E-state index contributed by atoms with van der Waals surface area (Å²) in [5.41, 5.74) is 0.525. The van der Waals surface area contributed by atoms with Crippen molar-refractivity contribution >= 4 is 11.7 Å². The van der Waals surface area contributed by atoms with Crippen molar-refractivity contribution in [1.29, 1.82) is 0 Å². The summed E-state index contributed by atoms with van der Waals surface area (Å²) in [6.07, 6.45) is 1.97. The van der Waals surface area contributed by atoms with Gasteiger partial charge in [0.1, 0.15) is 5.69 Å². The Morgan fingerprint density at radius 3 is 2.94 bits per heavy atom. The lowest BCUT2D eigenvalue weighted by Crippen LogP contribution is -2.30. The molecule has 0 radical (unpaired) electrons. The largest absolute Gasteiger partial charge is 0.476 e. The molecule has 1 N–H and O–H groups in total. The predicted octanol–water partition coefficient (Wildman–Crippen LogP) is 0.956. The average Bonchev–Trinajstić information content (AvgIpc) is 3.11. The maximum absolute atomic E-state index is 11.4. The van der Waals surface area contributed by atoms with Crippen molar-refractivity contribution < 1.29 is 14.5 Å². The number of hydrogen-bond acceptors (Lipinski definition) is 5. The second-order valence-corrected chi connectivity index (χ2v) is 4.16. The minimum absolute atomic E-state index is 0.0107. The van der Waals surface area contributed by atoms with E-state index in [0.717, 1.165) is 12.8 Å². The van der Waals surface area contributed by atoms with Crippen molar-refractivity contribution in [1.82, 2.24) is 10.3 Å². The number of carbonyl (C=O) groups is 1. The fourth-order valence-corrected chi connectivity index (χ4v) is 1.41. The van der Waals surface area contributed by atoms with Crippen molar-refractivity contribution in [2.45, 2.75) is 25.8 Å². The molecule has 1 aliphatic rings. The van der Waals surface area contributed by atoms with Gasteiger partial charge in [0.15, 0.2) is 6.61 Å². The number of nitro groups is 1. The SMILES string of the molecule is Cc1ccc(OCC(=O)NC2CC2)c([N+](=O)[O-])n1. The molecule has 1 saturated carbocycles. The van der Waals surface area contributed by atoms with Crippen molar-refractivity contribution in [2.75, 3.05) is 6.61 Å². The minimum atomic E-state index is -0.624. The van der Waals surface area contributed by atoms with Gasteiger partial charge in [0.05, 0.1) is 0 Å². The van der Waals surface area contributed by atoms with E-state index in [4.69, 9.17) is 4.74 Å². The normalized spacial score (nSPS) is 14.1. The van der Waals surface area contributed by atoms with Crippen LogP contribution in [0.2, 0.25) is 0 Å². The minimum Gasteiger partial charge on any atom is -0.476 e. The molecule has 1 aliphatic carbocycles. The molecule has 1 fully saturated rings. The summed E-state index contributed by atoms with van der Waals surface area (Å²) in [6.45, 7) is 1.42. The van der Waals surface area contributed by atoms with Crippen LogP contribution in [-0.4, -0.2) is 28.5 Å². The molecule has 0 spiro atoms. The Hall–Kier alpha value is -2.18. The number of amides is 1. The number of nitrogens with one attached hydrogen (secondary N) is 1. The van der Waals surface area contributed by atoms with E-state index in [1.54, 1.807) is 13.0 Å². The molecule has 0 aromatic carbocycles. The van der Waals surface area contributed by atoms with Crippen LogP contribution in [-0.2, 0) is 4.79 Å². The third-order valence-corrected chi connectivity index (χ3v) is 2.45. The summed E-state index contributed by atoms with van der Waals surface area (Å²) < 4.78 is 5.13. The molecule has 1 amide bonds. The van der Waals surface area contributed by atoms with Crippen molar-refractivity contribution in [3.05, 3.63) is 27.9 Å². The molecule has 96 valence electrons. The molecular formula is C11H13N3O4. The molecular weight excluding hydrogens is 238 g/mol. The zero-order valence-corrected chi connectivity index (χ0v) is 9.88. The molecule has 7 heteroatoms. The van der Waals surface area contributed by atoms with E-state index in [9.17, 15) is 14.9 Å². The van der Waals surface area contributed by atoms with Crippen molar-refractivity contribution in [3.63, 3.8) is 0 Å². The Labute approximate surface area is 103 Å². The predicted molar refractivity (Wildman–Crippen MR) is 62.3 cm³/mol. The lowest BCUT2D eigenvalue weighted by atomic mass is 10.3. The summed E-state index contributed by atoms with van der Waals surface area (Å²) in [5.74, 6) is -0.627. The van der Waals surface area contributed by atoms with Gasteiger partial charge in [0.25, 0.3) is 5.91 Å². The highest BCUT2D eigenvalue weighted by Gasteiger charge is 2.24. The van der Waals surface area contributed by atoms with Crippen LogP contribution in [0.25, 0.3) is 0 Å². The number of carbonyl (C=O) groups excluding carboxylic acids is 1. The van der Waals surface area contributed by atoms with E-state index in [-0.39, 0.29) is 30.1 Å². The summed E-state index contributed by atoms with van der Waals surface area (Å²) in [5, 5.41) is 13.5. The molecule has 7 nitrogen and oxygen atoms in total. The molecule has 1 aromatic heterocycles. The van der Waals surface area contributed by atoms with Gasteiger partial charge < -0.3 is 20.2 Å². The highest BCUT2D eigenvalue weighted by molar-refractivity contribution is 5.78. The van der Waals surface area contributed by atoms with Gasteiger partial charge in [0.2, 0.25) is 5.75 Å². The van der Waals surface area contributed by atoms with E-state index in [0.29, 0.717) is 5.69 Å². The van der Waals surface area contributed by atoms with Crippen LogP contribution in [0.15, 0.2) is 12.1 Å². The molecule has 0 saturated heterocycles. The molecule has 18 heavy (non-hydrogen) atoms. The lowest BCUT2D eigenvalue weighted by molar-refractivity contribution is -0.390. The van der Waals surface area contributed by atoms with E-state index in [1.165, 1.54) is 6.07 Å². The van der Waals surface area contributed by atoms with Crippen LogP contribution in [0.1, 0.15) is 18.5 Å². The number of hydrogen-bond donors (Lipinski definition) is 1. The van der Waals surface area contributed by atoms with Gasteiger partial charge in [-0.1, -0.05) is 0 Å². The smallest absolute Gasteiger partial charge is 0.406 e. The number of ether oxygens (including phenoxy) is 1. The molecule has 0 atom stereocenters. The van der Waals surface area contributed by atoms with E-state index < -0.39 is 4.92 Å². The maximum Gasteiger partial charge on any atom is 0.406 e. The highest BCUT2D eigenvalue weighted by Crippen LogP contribution is 2.24. The van der Waals surface area contributed by atoms with Crippen LogP contribution in [0, 0.1) is 17.0 Å². The average molecular weight is 251 g/mol. The Morgan fingerprint density at radius 1 is 1.61 bits per heavy atom. The van der Waals surface area contributed by atoms with Gasteiger partial charge >= 0.3 is 5.82 Å². The molecule has 1 aromatic rings. The molecule has 2 rings (SSSR count). The number of nitrogens with zero attached hydrogens (tertiary/aromatic N) is 2. The van der Waals surface area contributed by atoms with Crippen LogP contribution in [0.4, 0.5) is 5.82 Å². The Balaban J connectivity index is 1.99. The molecule has 0 aliphatic heterocycles. The first-order valence-corrected chi connectivity index (χ1v) is 5.60. The van der Waals surface area contributed by atoms with Crippen LogP contribution in [0.3, 0.4) is 0 Å². The first kappa shape index (κ1) is 12.3. The summed E-state index contributed by atoms with van der Waals surface area (Å²) >= 11 is 0. The van der Waals surface area contributed by atoms with Crippen molar-refractivity contribution in [3.8, 4) is 5.75 Å². The van der Waals surface area contributed by atoms with Gasteiger partial charge in [-0.2, -0.15) is 0 Å². The first-order chi connectivity index (χ1) is 8.56. The molecule has 1 heterocycles. The Bertz CT molecular complexity index is 485. The molecule has 0 unspecified atom stereocenters. The quantitative estimate of drug-likeness (QED) is 0.621. The number of aromatic nitrogens is 1. The second-order valence-electron chi connectivity index (χ2n) is 4.16. The van der Waals surface area contributed by atoms with E-state index in [2.05, 4.69) is 10.3 Å². The molecule has 0 bridgehead atoms. The zero-order valence-electron chi connectivity index (χ0n) is 9.88. The van der Waals surface area contributed by atoms with Crippen LogP contribution in [0.5, 0.6) is 5.75 Å². The highest BCUT2D eigenvalue weighted by atomic mass is 16.6. The zero-order chi connectivity index (χ0) is 13.1. The van der Waals surface area contributed by atoms with Crippen LogP contribution < -0.4 is 10.1 Å². The van der Waals surface area contributed by atoms with Crippen LogP contribution >= 0.6 is 0 Å². The monoisotopic (exact) mass is 251 g/mol. The third kappa shape index (κ3) is 3.16. The van der Waals surface area contributed by atoms with Gasteiger partial charge in [0, 0.05) is 13.0 Å². The van der Waals surface area contributed by atoms with Gasteiger partial charge in [-0.3, -0.25) is 4.79 Å². The topological polar surface area (TPSA) is 94.4 Å². The standard InChI is InChI=1S/C11H13N3O4/c1-7-2-5-9(11(12-7)14(16)17)18-6-10(15)13-8-3-4-8/h2,5,8H,3-4,6H2,1H3,(H,13,15). The lowest BCUT2D eigenvalue weighted by Gasteiger charge is -2.06.